The molecule has 0 fully saturated rings. The predicted octanol–water partition coefficient (Wildman–Crippen LogP) is 4.04. The molecule has 1 aromatic carbocycles. The number of benzene rings is 1. The van der Waals surface area contributed by atoms with E-state index in [1.54, 1.807) is 18.0 Å². The first-order valence-corrected chi connectivity index (χ1v) is 7.04. The summed E-state index contributed by atoms with van der Waals surface area (Å²) in [6, 6.07) is 9.68. The molecular weight excluding hydrogens is 287 g/mol. The lowest BCUT2D eigenvalue weighted by Crippen LogP contribution is -2.02. The van der Waals surface area contributed by atoms with Crippen LogP contribution in [0.5, 0.6) is 0 Å². The normalized spacial score (nSPS) is 10.6. The minimum absolute atomic E-state index is 0.602. The Morgan fingerprint density at radius 3 is 2.61 bits per heavy atom. The zero-order valence-electron chi connectivity index (χ0n) is 9.57. The van der Waals surface area contributed by atoms with Crippen LogP contribution in [0.4, 0.5) is 0 Å². The summed E-state index contributed by atoms with van der Waals surface area (Å²) in [7, 11) is 0. The first-order chi connectivity index (χ1) is 8.69. The summed E-state index contributed by atoms with van der Waals surface area (Å²) in [4.78, 5) is 5.28. The molecular formula is C13H12Cl2N2S. The quantitative estimate of drug-likeness (QED) is 0.926. The fraction of sp³-hybridized carbons (Fsp3) is 0.154. The summed E-state index contributed by atoms with van der Waals surface area (Å²) < 4.78 is 0. The molecule has 0 aliphatic rings. The maximum absolute atomic E-state index is 6.19. The Labute approximate surface area is 121 Å². The van der Waals surface area contributed by atoms with Crippen molar-refractivity contribution in [3.8, 4) is 0 Å². The van der Waals surface area contributed by atoms with Crippen molar-refractivity contribution in [1.29, 1.82) is 0 Å². The van der Waals surface area contributed by atoms with Gasteiger partial charge in [0, 0.05) is 16.1 Å². The van der Waals surface area contributed by atoms with Gasteiger partial charge < -0.3 is 5.73 Å². The third-order valence-corrected chi connectivity index (χ3v) is 3.88. The maximum Gasteiger partial charge on any atom is 0.101 e. The van der Waals surface area contributed by atoms with Crippen LogP contribution in [0.15, 0.2) is 46.5 Å². The van der Waals surface area contributed by atoms with Crippen LogP contribution in [-0.2, 0) is 6.42 Å². The van der Waals surface area contributed by atoms with Crippen molar-refractivity contribution in [3.63, 3.8) is 0 Å². The molecule has 0 radical (unpaired) electrons. The van der Waals surface area contributed by atoms with Crippen LogP contribution in [0.1, 0.15) is 5.56 Å². The molecule has 0 bridgehead atoms. The van der Waals surface area contributed by atoms with Gasteiger partial charge in [-0.3, -0.25) is 0 Å². The highest BCUT2D eigenvalue weighted by Gasteiger charge is 2.04. The minimum Gasteiger partial charge on any atom is -0.330 e. The first-order valence-electron chi connectivity index (χ1n) is 5.47. The summed E-state index contributed by atoms with van der Waals surface area (Å²) in [6.45, 7) is 0.602. The summed E-state index contributed by atoms with van der Waals surface area (Å²) in [5.41, 5.74) is 6.60. The van der Waals surface area contributed by atoms with E-state index in [1.165, 1.54) is 0 Å². The molecule has 18 heavy (non-hydrogen) atoms. The molecule has 0 atom stereocenters. The Morgan fingerprint density at radius 1 is 1.17 bits per heavy atom. The summed E-state index contributed by atoms with van der Waals surface area (Å²) >= 11 is 13.5. The number of pyridine rings is 1. The average molecular weight is 299 g/mol. The lowest BCUT2D eigenvalue weighted by Gasteiger charge is -2.05. The summed E-state index contributed by atoms with van der Waals surface area (Å²) in [5, 5.41) is 2.28. The molecule has 0 aliphatic carbocycles. The van der Waals surface area contributed by atoms with Crippen LogP contribution in [0, 0.1) is 0 Å². The van der Waals surface area contributed by atoms with Crippen LogP contribution in [0.3, 0.4) is 0 Å². The van der Waals surface area contributed by atoms with Gasteiger partial charge in [-0.15, -0.1) is 0 Å². The van der Waals surface area contributed by atoms with E-state index in [1.807, 2.05) is 30.3 Å². The van der Waals surface area contributed by atoms with E-state index in [-0.39, 0.29) is 0 Å². The standard InChI is InChI=1S/C13H12Cl2N2S/c14-10-2-4-13(17-8-10)18-11-3-1-9(5-6-16)12(15)7-11/h1-4,7-8H,5-6,16H2. The summed E-state index contributed by atoms with van der Waals surface area (Å²) in [5.74, 6) is 0. The number of rotatable bonds is 4. The Hall–Kier alpha value is -0.740. The highest BCUT2D eigenvalue weighted by molar-refractivity contribution is 7.99. The van der Waals surface area contributed by atoms with Crippen molar-refractivity contribution in [2.45, 2.75) is 16.3 Å². The van der Waals surface area contributed by atoms with Gasteiger partial charge in [-0.25, -0.2) is 4.98 Å². The molecule has 0 spiro atoms. The Kier molecular flexibility index (Phi) is 4.89. The highest BCUT2D eigenvalue weighted by atomic mass is 35.5. The Bertz CT molecular complexity index is 529. The van der Waals surface area contributed by atoms with Gasteiger partial charge in [0.2, 0.25) is 0 Å². The van der Waals surface area contributed by atoms with Gasteiger partial charge in [-0.05, 0) is 42.8 Å². The topological polar surface area (TPSA) is 38.9 Å². The molecule has 2 aromatic rings. The van der Waals surface area contributed by atoms with E-state index >= 15 is 0 Å². The van der Waals surface area contributed by atoms with E-state index in [0.29, 0.717) is 11.6 Å². The van der Waals surface area contributed by atoms with Crippen LogP contribution < -0.4 is 5.73 Å². The first kappa shape index (κ1) is 13.7. The Balaban J connectivity index is 2.14. The van der Waals surface area contributed by atoms with Crippen molar-refractivity contribution in [3.05, 3.63) is 52.1 Å². The fourth-order valence-electron chi connectivity index (χ4n) is 1.49. The fourth-order valence-corrected chi connectivity index (χ4v) is 2.74. The molecule has 2 rings (SSSR count). The van der Waals surface area contributed by atoms with Crippen molar-refractivity contribution in [2.75, 3.05) is 6.54 Å². The second kappa shape index (κ2) is 6.43. The van der Waals surface area contributed by atoms with Gasteiger partial charge in [-0.1, -0.05) is 41.0 Å². The minimum atomic E-state index is 0.602. The maximum atomic E-state index is 6.19. The van der Waals surface area contributed by atoms with Crippen molar-refractivity contribution >= 4 is 35.0 Å². The van der Waals surface area contributed by atoms with Gasteiger partial charge >= 0.3 is 0 Å². The second-order valence-electron chi connectivity index (χ2n) is 3.71. The number of hydrogen-bond donors (Lipinski definition) is 1. The van der Waals surface area contributed by atoms with Gasteiger partial charge in [0.25, 0.3) is 0 Å². The van der Waals surface area contributed by atoms with E-state index in [9.17, 15) is 0 Å². The predicted molar refractivity (Wildman–Crippen MR) is 77.6 cm³/mol. The Morgan fingerprint density at radius 2 is 2.00 bits per heavy atom. The van der Waals surface area contributed by atoms with Gasteiger partial charge in [0.05, 0.1) is 5.02 Å². The van der Waals surface area contributed by atoms with Gasteiger partial charge in [0.15, 0.2) is 0 Å². The smallest absolute Gasteiger partial charge is 0.101 e. The molecule has 0 saturated carbocycles. The molecule has 1 aromatic heterocycles. The second-order valence-corrected chi connectivity index (χ2v) is 5.65. The number of hydrogen-bond acceptors (Lipinski definition) is 3. The molecule has 0 amide bonds. The molecule has 2 nitrogen and oxygen atoms in total. The van der Waals surface area contributed by atoms with Gasteiger partial charge in [0.1, 0.15) is 5.03 Å². The molecule has 0 aliphatic heterocycles. The lowest BCUT2D eigenvalue weighted by molar-refractivity contribution is 0.966. The molecule has 5 heteroatoms. The lowest BCUT2D eigenvalue weighted by atomic mass is 10.1. The largest absolute Gasteiger partial charge is 0.330 e. The van der Waals surface area contributed by atoms with Crippen LogP contribution in [0.25, 0.3) is 0 Å². The summed E-state index contributed by atoms with van der Waals surface area (Å²) in [6.07, 6.45) is 2.43. The molecule has 2 N–H and O–H groups in total. The average Bonchev–Trinajstić information content (AvgIpc) is 2.36. The molecule has 0 unspecified atom stereocenters. The van der Waals surface area contributed by atoms with E-state index in [2.05, 4.69) is 4.98 Å². The number of nitrogens with zero attached hydrogens (tertiary/aromatic N) is 1. The number of aromatic nitrogens is 1. The van der Waals surface area contributed by atoms with Crippen molar-refractivity contribution in [1.82, 2.24) is 4.98 Å². The van der Waals surface area contributed by atoms with Crippen LogP contribution in [0.2, 0.25) is 10.0 Å². The zero-order chi connectivity index (χ0) is 13.0. The van der Waals surface area contributed by atoms with Gasteiger partial charge in [-0.2, -0.15) is 0 Å². The molecule has 1 heterocycles. The highest BCUT2D eigenvalue weighted by Crippen LogP contribution is 2.30. The van der Waals surface area contributed by atoms with Crippen LogP contribution in [-0.4, -0.2) is 11.5 Å². The van der Waals surface area contributed by atoms with Crippen molar-refractivity contribution in [2.24, 2.45) is 5.73 Å². The molecule has 0 saturated heterocycles. The monoisotopic (exact) mass is 298 g/mol. The molecule has 94 valence electrons. The number of halogens is 2. The third-order valence-electron chi connectivity index (χ3n) is 2.36. The number of nitrogens with two attached hydrogens (primary N) is 1. The van der Waals surface area contributed by atoms with E-state index in [0.717, 1.165) is 26.9 Å². The van der Waals surface area contributed by atoms with Crippen LogP contribution >= 0.6 is 35.0 Å². The van der Waals surface area contributed by atoms with E-state index in [4.69, 9.17) is 28.9 Å². The van der Waals surface area contributed by atoms with Crippen molar-refractivity contribution < 1.29 is 0 Å². The van der Waals surface area contributed by atoms with E-state index < -0.39 is 0 Å². The third kappa shape index (κ3) is 3.62. The zero-order valence-corrected chi connectivity index (χ0v) is 11.9. The SMILES string of the molecule is NCCc1ccc(Sc2ccc(Cl)cn2)cc1Cl.